The lowest BCUT2D eigenvalue weighted by Gasteiger charge is -2.04. The van der Waals surface area contributed by atoms with Gasteiger partial charge in [0.25, 0.3) is 0 Å². The van der Waals surface area contributed by atoms with Crippen LogP contribution >= 0.6 is 0 Å². The van der Waals surface area contributed by atoms with Crippen molar-refractivity contribution >= 4 is 18.4 Å². The Labute approximate surface area is 114 Å². The summed E-state index contributed by atoms with van der Waals surface area (Å²) in [6.07, 6.45) is 6.05. The molecule has 0 aromatic heterocycles. The minimum atomic E-state index is 0.709. The molecule has 0 atom stereocenters. The summed E-state index contributed by atoms with van der Waals surface area (Å²) >= 11 is 0. The van der Waals surface area contributed by atoms with Crippen molar-refractivity contribution in [1.82, 2.24) is 0 Å². The first-order chi connectivity index (χ1) is 9.22. The van der Waals surface area contributed by atoms with E-state index in [0.29, 0.717) is 5.56 Å². The second-order valence-electron chi connectivity index (χ2n) is 4.66. The van der Waals surface area contributed by atoms with E-state index in [1.54, 1.807) is 0 Å². The maximum Gasteiger partial charge on any atom is 0.150 e. The van der Waals surface area contributed by atoms with Crippen LogP contribution in [0.5, 0.6) is 0 Å². The van der Waals surface area contributed by atoms with Gasteiger partial charge in [0.15, 0.2) is 0 Å². The number of aryl methyl sites for hydroxylation is 2. The van der Waals surface area contributed by atoms with E-state index in [-0.39, 0.29) is 0 Å². The third kappa shape index (κ3) is 3.41. The molecule has 0 fully saturated rings. The molecule has 0 unspecified atom stereocenters. The van der Waals surface area contributed by atoms with Gasteiger partial charge in [-0.25, -0.2) is 0 Å². The van der Waals surface area contributed by atoms with Gasteiger partial charge in [-0.2, -0.15) is 0 Å². The summed E-state index contributed by atoms with van der Waals surface area (Å²) in [5.74, 6) is 0. The fraction of sp³-hybridized carbons (Fsp3) is 0.167. The summed E-state index contributed by atoms with van der Waals surface area (Å²) in [7, 11) is 0. The number of hydrogen-bond acceptors (Lipinski definition) is 1. The molecule has 0 spiro atoms. The van der Waals surface area contributed by atoms with Gasteiger partial charge in [0, 0.05) is 5.56 Å². The maximum atomic E-state index is 10.7. The van der Waals surface area contributed by atoms with E-state index >= 15 is 0 Å². The Kier molecular flexibility index (Phi) is 4.30. The second-order valence-corrected chi connectivity index (χ2v) is 4.66. The van der Waals surface area contributed by atoms with E-state index in [4.69, 9.17) is 0 Å². The van der Waals surface area contributed by atoms with E-state index in [0.717, 1.165) is 18.3 Å². The van der Waals surface area contributed by atoms with Crippen LogP contribution in [0.25, 0.3) is 12.2 Å². The molecule has 0 N–H and O–H groups in total. The van der Waals surface area contributed by atoms with Crippen LogP contribution in [0, 0.1) is 6.92 Å². The fourth-order valence-corrected chi connectivity index (χ4v) is 2.10. The zero-order chi connectivity index (χ0) is 13.7. The summed E-state index contributed by atoms with van der Waals surface area (Å²) < 4.78 is 0. The Hall–Kier alpha value is -2.15. The molecule has 0 aliphatic rings. The van der Waals surface area contributed by atoms with E-state index < -0.39 is 0 Å². The molecule has 0 heterocycles. The number of carbonyl (C=O) groups is 1. The van der Waals surface area contributed by atoms with Crippen LogP contribution in [0.3, 0.4) is 0 Å². The van der Waals surface area contributed by atoms with Gasteiger partial charge >= 0.3 is 0 Å². The average molecular weight is 250 g/mol. The lowest BCUT2D eigenvalue weighted by Crippen LogP contribution is -1.87. The molecule has 2 aromatic carbocycles. The van der Waals surface area contributed by atoms with Crippen molar-refractivity contribution in [2.24, 2.45) is 0 Å². The monoisotopic (exact) mass is 250 g/mol. The molecule has 19 heavy (non-hydrogen) atoms. The van der Waals surface area contributed by atoms with E-state index in [9.17, 15) is 4.79 Å². The zero-order valence-electron chi connectivity index (χ0n) is 11.4. The van der Waals surface area contributed by atoms with Crippen molar-refractivity contribution in [1.29, 1.82) is 0 Å². The van der Waals surface area contributed by atoms with Gasteiger partial charge in [-0.1, -0.05) is 55.5 Å². The Morgan fingerprint density at radius 2 is 1.63 bits per heavy atom. The Balaban J connectivity index is 2.24. The number of benzene rings is 2. The molecule has 0 radical (unpaired) electrons. The average Bonchev–Trinajstić information content (AvgIpc) is 2.46. The van der Waals surface area contributed by atoms with Gasteiger partial charge in [-0.15, -0.1) is 0 Å². The first kappa shape index (κ1) is 13.3. The summed E-state index contributed by atoms with van der Waals surface area (Å²) in [5, 5.41) is 0. The third-order valence-electron chi connectivity index (χ3n) is 3.27. The van der Waals surface area contributed by atoms with Crippen LogP contribution in [0.1, 0.15) is 39.5 Å². The predicted octanol–water partition coefficient (Wildman–Crippen LogP) is 4.54. The standard InChI is InChI=1S/C18H18O/c1-3-18-12-16(8-7-14(18)2)10-9-15-5-4-6-17(11-15)13-19/h4-13H,3H2,1-2H3. The highest BCUT2D eigenvalue weighted by Gasteiger charge is 1.96. The van der Waals surface area contributed by atoms with Crippen LogP contribution in [0.15, 0.2) is 42.5 Å². The number of aldehydes is 1. The van der Waals surface area contributed by atoms with Crippen LogP contribution in [0.4, 0.5) is 0 Å². The molecule has 0 amide bonds. The van der Waals surface area contributed by atoms with Gasteiger partial charge in [0.05, 0.1) is 0 Å². The normalized spacial score (nSPS) is 10.8. The van der Waals surface area contributed by atoms with Gasteiger partial charge in [-0.05, 0) is 41.7 Å². The molecule has 0 aliphatic heterocycles. The molecular weight excluding hydrogens is 232 g/mol. The topological polar surface area (TPSA) is 17.1 Å². The highest BCUT2D eigenvalue weighted by Crippen LogP contribution is 2.15. The van der Waals surface area contributed by atoms with Crippen LogP contribution in [-0.4, -0.2) is 6.29 Å². The van der Waals surface area contributed by atoms with Crippen molar-refractivity contribution in [2.75, 3.05) is 0 Å². The maximum absolute atomic E-state index is 10.7. The molecule has 0 bridgehead atoms. The number of hydrogen-bond donors (Lipinski definition) is 0. The molecule has 0 saturated heterocycles. The van der Waals surface area contributed by atoms with Gasteiger partial charge in [0.1, 0.15) is 6.29 Å². The minimum Gasteiger partial charge on any atom is -0.298 e. The van der Waals surface area contributed by atoms with E-state index in [1.165, 1.54) is 16.7 Å². The lowest BCUT2D eigenvalue weighted by molar-refractivity contribution is 0.112. The number of rotatable bonds is 4. The lowest BCUT2D eigenvalue weighted by atomic mass is 10.0. The Morgan fingerprint density at radius 3 is 2.32 bits per heavy atom. The van der Waals surface area contributed by atoms with Gasteiger partial charge < -0.3 is 0 Å². The largest absolute Gasteiger partial charge is 0.298 e. The summed E-state index contributed by atoms with van der Waals surface area (Å²) in [4.78, 5) is 10.7. The van der Waals surface area contributed by atoms with Crippen LogP contribution in [-0.2, 0) is 6.42 Å². The van der Waals surface area contributed by atoms with Gasteiger partial charge in [0.2, 0.25) is 0 Å². The molecule has 0 aliphatic carbocycles. The van der Waals surface area contributed by atoms with Crippen LogP contribution < -0.4 is 0 Å². The predicted molar refractivity (Wildman–Crippen MR) is 81.3 cm³/mol. The van der Waals surface area contributed by atoms with Crippen molar-refractivity contribution in [2.45, 2.75) is 20.3 Å². The Morgan fingerprint density at radius 1 is 0.947 bits per heavy atom. The van der Waals surface area contributed by atoms with E-state index in [1.807, 2.05) is 30.3 Å². The molecule has 2 aromatic rings. The smallest absolute Gasteiger partial charge is 0.150 e. The highest BCUT2D eigenvalue weighted by atomic mass is 16.1. The van der Waals surface area contributed by atoms with Gasteiger partial charge in [-0.3, -0.25) is 4.79 Å². The van der Waals surface area contributed by atoms with Crippen molar-refractivity contribution in [3.63, 3.8) is 0 Å². The van der Waals surface area contributed by atoms with E-state index in [2.05, 4.69) is 38.1 Å². The SMILES string of the molecule is CCc1cc(C=Cc2cccc(C=O)c2)ccc1C. The quantitative estimate of drug-likeness (QED) is 0.575. The summed E-state index contributed by atoms with van der Waals surface area (Å²) in [6, 6.07) is 14.1. The fourth-order valence-electron chi connectivity index (χ4n) is 2.10. The second kappa shape index (κ2) is 6.14. The molecule has 96 valence electrons. The summed E-state index contributed by atoms with van der Waals surface area (Å²) in [6.45, 7) is 4.31. The number of carbonyl (C=O) groups excluding carboxylic acids is 1. The highest BCUT2D eigenvalue weighted by molar-refractivity contribution is 5.78. The minimum absolute atomic E-state index is 0.709. The first-order valence-corrected chi connectivity index (χ1v) is 6.56. The molecule has 1 nitrogen and oxygen atoms in total. The molecule has 1 heteroatoms. The Bertz CT molecular complexity index is 609. The van der Waals surface area contributed by atoms with Crippen molar-refractivity contribution in [3.8, 4) is 0 Å². The molecular formula is C18H18O. The summed E-state index contributed by atoms with van der Waals surface area (Å²) in [5.41, 5.74) is 5.66. The van der Waals surface area contributed by atoms with Crippen molar-refractivity contribution < 1.29 is 4.79 Å². The zero-order valence-corrected chi connectivity index (χ0v) is 11.4. The van der Waals surface area contributed by atoms with Crippen LogP contribution in [0.2, 0.25) is 0 Å². The molecule has 0 saturated carbocycles. The first-order valence-electron chi connectivity index (χ1n) is 6.56. The third-order valence-corrected chi connectivity index (χ3v) is 3.27. The molecule has 2 rings (SSSR count). The van der Waals surface area contributed by atoms with Crippen molar-refractivity contribution in [3.05, 3.63) is 70.3 Å².